The molecule has 2 heterocycles. The summed E-state index contributed by atoms with van der Waals surface area (Å²) in [6, 6.07) is 7.62. The zero-order valence-corrected chi connectivity index (χ0v) is 7.19. The summed E-state index contributed by atoms with van der Waals surface area (Å²) in [6.07, 6.45) is 4.45. The number of hydrogen-bond donors (Lipinski definition) is 1. The van der Waals surface area contributed by atoms with Crippen LogP contribution in [0, 0.1) is 6.20 Å². The molecule has 0 unspecified atom stereocenters. The van der Waals surface area contributed by atoms with Crippen LogP contribution in [0.1, 0.15) is 0 Å². The van der Waals surface area contributed by atoms with Crippen LogP contribution in [0.4, 0.5) is 0 Å². The van der Waals surface area contributed by atoms with E-state index >= 15 is 0 Å². The number of benzene rings is 1. The van der Waals surface area contributed by atoms with Crippen molar-refractivity contribution in [2.75, 3.05) is 0 Å². The van der Waals surface area contributed by atoms with Crippen LogP contribution in [-0.2, 0) is 0 Å². The molecule has 1 N–H and O–H groups in total. The fourth-order valence-electron chi connectivity index (χ4n) is 1.32. The largest absolute Gasteiger partial charge is 0.436 e. The highest BCUT2D eigenvalue weighted by molar-refractivity contribution is 5.75. The molecule has 0 amide bonds. The first-order valence-electron chi connectivity index (χ1n) is 4.21. The number of H-pyrrole nitrogens is 1. The van der Waals surface area contributed by atoms with Crippen molar-refractivity contribution in [1.82, 2.24) is 15.2 Å². The molecule has 4 heteroatoms. The Hall–Kier alpha value is -2.10. The fraction of sp³-hybridized carbons (Fsp3) is 0. The van der Waals surface area contributed by atoms with E-state index in [4.69, 9.17) is 4.42 Å². The monoisotopic (exact) mass is 184 g/mol. The van der Waals surface area contributed by atoms with Crippen molar-refractivity contribution in [2.45, 2.75) is 0 Å². The molecule has 0 aliphatic carbocycles. The highest BCUT2D eigenvalue weighted by atomic mass is 16.3. The third-order valence-corrected chi connectivity index (χ3v) is 1.97. The summed E-state index contributed by atoms with van der Waals surface area (Å²) in [7, 11) is 0. The summed E-state index contributed by atoms with van der Waals surface area (Å²) in [6.45, 7) is 0. The summed E-state index contributed by atoms with van der Waals surface area (Å²) in [5.41, 5.74) is 2.36. The topological polar surface area (TPSA) is 54.7 Å². The second-order valence-electron chi connectivity index (χ2n) is 2.90. The molecule has 0 aliphatic rings. The van der Waals surface area contributed by atoms with Gasteiger partial charge < -0.3 is 4.42 Å². The molecule has 0 saturated carbocycles. The first-order chi connectivity index (χ1) is 6.93. The predicted octanol–water partition coefficient (Wildman–Crippen LogP) is 2.02. The van der Waals surface area contributed by atoms with Crippen molar-refractivity contribution < 1.29 is 4.42 Å². The second kappa shape index (κ2) is 2.70. The van der Waals surface area contributed by atoms with Gasteiger partial charge in [-0.05, 0) is 12.1 Å². The zero-order chi connectivity index (χ0) is 9.38. The van der Waals surface area contributed by atoms with Crippen molar-refractivity contribution in [1.29, 1.82) is 0 Å². The second-order valence-corrected chi connectivity index (χ2v) is 2.90. The van der Waals surface area contributed by atoms with Crippen LogP contribution in [0.5, 0.6) is 0 Å². The number of nitrogens with zero attached hydrogens (tertiary/aromatic N) is 2. The van der Waals surface area contributed by atoms with E-state index in [-0.39, 0.29) is 0 Å². The first kappa shape index (κ1) is 7.32. The van der Waals surface area contributed by atoms with E-state index in [1.807, 2.05) is 24.3 Å². The Balaban J connectivity index is 2.24. The number of para-hydroxylation sites is 2. The summed E-state index contributed by atoms with van der Waals surface area (Å²) >= 11 is 0. The molecule has 3 aromatic rings. The third kappa shape index (κ3) is 1.01. The Morgan fingerprint density at radius 1 is 1.29 bits per heavy atom. The van der Waals surface area contributed by atoms with Crippen LogP contribution >= 0.6 is 0 Å². The lowest BCUT2D eigenvalue weighted by Gasteiger charge is -1.82. The minimum absolute atomic E-state index is 0.542. The van der Waals surface area contributed by atoms with E-state index in [9.17, 15) is 0 Å². The Labute approximate surface area is 79.6 Å². The average Bonchev–Trinajstić information content (AvgIpc) is 2.86. The van der Waals surface area contributed by atoms with E-state index in [1.165, 1.54) is 0 Å². The van der Waals surface area contributed by atoms with Gasteiger partial charge in [-0.1, -0.05) is 12.1 Å². The molecule has 14 heavy (non-hydrogen) atoms. The van der Waals surface area contributed by atoms with Gasteiger partial charge in [0.1, 0.15) is 11.7 Å². The van der Waals surface area contributed by atoms with Gasteiger partial charge in [-0.2, -0.15) is 5.10 Å². The summed E-state index contributed by atoms with van der Waals surface area (Å²) in [5.74, 6) is 0.542. The molecule has 0 aliphatic heterocycles. The number of nitrogens with one attached hydrogen (secondary N) is 1. The maximum Gasteiger partial charge on any atom is 0.231 e. The summed E-state index contributed by atoms with van der Waals surface area (Å²) < 4.78 is 5.51. The van der Waals surface area contributed by atoms with Gasteiger partial charge in [0.05, 0.1) is 5.56 Å². The van der Waals surface area contributed by atoms with Gasteiger partial charge in [0.25, 0.3) is 0 Å². The normalized spacial score (nSPS) is 10.9. The molecule has 0 atom stereocenters. The first-order valence-corrected chi connectivity index (χ1v) is 4.21. The van der Waals surface area contributed by atoms with Crippen LogP contribution < -0.4 is 0 Å². The quantitative estimate of drug-likeness (QED) is 0.629. The average molecular weight is 184 g/mol. The van der Waals surface area contributed by atoms with E-state index in [2.05, 4.69) is 21.4 Å². The number of hydrogen-bond acceptors (Lipinski definition) is 3. The van der Waals surface area contributed by atoms with Crippen LogP contribution in [0.3, 0.4) is 0 Å². The lowest BCUT2D eigenvalue weighted by atomic mass is 10.3. The molecule has 3 rings (SSSR count). The lowest BCUT2D eigenvalue weighted by molar-refractivity contribution is 0.620. The van der Waals surface area contributed by atoms with Crippen molar-refractivity contribution in [3.8, 4) is 11.5 Å². The predicted molar refractivity (Wildman–Crippen MR) is 50.4 cm³/mol. The van der Waals surface area contributed by atoms with E-state index in [0.717, 1.165) is 16.7 Å². The van der Waals surface area contributed by atoms with Crippen LogP contribution in [0.25, 0.3) is 22.6 Å². The van der Waals surface area contributed by atoms with Gasteiger partial charge in [-0.3, -0.25) is 5.10 Å². The Kier molecular flexibility index (Phi) is 1.41. The lowest BCUT2D eigenvalue weighted by Crippen LogP contribution is -1.71. The molecule has 4 nitrogen and oxygen atoms in total. The van der Waals surface area contributed by atoms with Gasteiger partial charge >= 0.3 is 0 Å². The zero-order valence-electron chi connectivity index (χ0n) is 7.19. The minimum atomic E-state index is 0.542. The molecule has 1 aromatic carbocycles. The molecular weight excluding hydrogens is 178 g/mol. The molecular formula is C10H6N3O. The number of rotatable bonds is 1. The maximum absolute atomic E-state index is 5.51. The van der Waals surface area contributed by atoms with E-state index in [0.29, 0.717) is 5.89 Å². The number of fused-ring (bicyclic) bond motifs is 1. The van der Waals surface area contributed by atoms with Crippen LogP contribution in [-0.4, -0.2) is 15.2 Å². The molecule has 0 spiro atoms. The Morgan fingerprint density at radius 3 is 3.00 bits per heavy atom. The number of aromatic nitrogens is 3. The molecule has 0 bridgehead atoms. The number of aromatic amines is 1. The van der Waals surface area contributed by atoms with Gasteiger partial charge in [-0.15, -0.1) is 0 Å². The highest BCUT2D eigenvalue weighted by Gasteiger charge is 2.07. The highest BCUT2D eigenvalue weighted by Crippen LogP contribution is 2.22. The molecule has 67 valence electrons. The van der Waals surface area contributed by atoms with Crippen LogP contribution in [0.15, 0.2) is 34.9 Å². The van der Waals surface area contributed by atoms with Gasteiger partial charge in [0.2, 0.25) is 5.89 Å². The van der Waals surface area contributed by atoms with E-state index < -0.39 is 0 Å². The Bertz CT molecular complexity index is 521. The van der Waals surface area contributed by atoms with Crippen molar-refractivity contribution >= 4 is 11.1 Å². The van der Waals surface area contributed by atoms with Crippen LogP contribution in [0.2, 0.25) is 0 Å². The smallest absolute Gasteiger partial charge is 0.231 e. The Morgan fingerprint density at radius 2 is 2.21 bits per heavy atom. The van der Waals surface area contributed by atoms with Crippen molar-refractivity contribution in [3.63, 3.8) is 0 Å². The maximum atomic E-state index is 5.51. The SMILES string of the molecule is [c]1n[nH]cc1-c1nc2ccccc2o1. The summed E-state index contributed by atoms with van der Waals surface area (Å²) in [5, 5.41) is 6.39. The van der Waals surface area contributed by atoms with Gasteiger partial charge in [0.15, 0.2) is 5.58 Å². The molecule has 2 aromatic heterocycles. The standard InChI is InChI=1S/C10H6N3O/c1-2-4-9-8(3-1)13-10(14-9)7-5-11-12-6-7/h1-5H,(H,11,12). The van der Waals surface area contributed by atoms with Crippen molar-refractivity contribution in [3.05, 3.63) is 36.7 Å². The van der Waals surface area contributed by atoms with E-state index in [1.54, 1.807) is 6.20 Å². The summed E-state index contributed by atoms with van der Waals surface area (Å²) in [4.78, 5) is 4.30. The number of oxazole rings is 1. The van der Waals surface area contributed by atoms with Gasteiger partial charge in [-0.25, -0.2) is 4.98 Å². The van der Waals surface area contributed by atoms with Crippen molar-refractivity contribution in [2.24, 2.45) is 0 Å². The third-order valence-electron chi connectivity index (χ3n) is 1.97. The minimum Gasteiger partial charge on any atom is -0.436 e. The van der Waals surface area contributed by atoms with Gasteiger partial charge in [0, 0.05) is 6.20 Å². The fourth-order valence-corrected chi connectivity index (χ4v) is 1.32. The molecule has 1 radical (unpaired) electrons. The molecule has 0 fully saturated rings. The molecule has 0 saturated heterocycles.